The molecule has 4 N–H and O–H groups in total. The molecule has 6 nitrogen and oxygen atoms in total. The van der Waals surface area contributed by atoms with E-state index in [4.69, 9.17) is 20.1 Å². The Bertz CT molecular complexity index is 593. The van der Waals surface area contributed by atoms with Crippen LogP contribution >= 0.6 is 0 Å². The molecule has 0 atom stereocenters. The number of rotatable bonds is 5. The van der Waals surface area contributed by atoms with E-state index < -0.39 is 6.10 Å². The molecule has 0 fully saturated rings. The van der Waals surface area contributed by atoms with Crippen LogP contribution in [0.4, 0.5) is 0 Å². The monoisotopic (exact) mass is 307 g/mol. The van der Waals surface area contributed by atoms with Crippen LogP contribution in [0.3, 0.4) is 0 Å². The van der Waals surface area contributed by atoms with Gasteiger partial charge in [0, 0.05) is 12.3 Å². The Morgan fingerprint density at radius 2 is 1.77 bits per heavy atom. The number of benzene rings is 1. The highest BCUT2D eigenvalue weighted by Crippen LogP contribution is 2.10. The molecule has 0 saturated carbocycles. The second kappa shape index (κ2) is 9.73. The highest BCUT2D eigenvalue weighted by atomic mass is 16.5. The van der Waals surface area contributed by atoms with Crippen molar-refractivity contribution in [1.29, 1.82) is 0 Å². The molecule has 1 aromatic carbocycles. The molecule has 0 aliphatic carbocycles. The smallest absolute Gasteiger partial charge is 0.223 e. The molecule has 1 heterocycles. The first-order valence-corrected chi connectivity index (χ1v) is 6.83. The molecule has 1 aromatic heterocycles. The van der Waals surface area contributed by atoms with Gasteiger partial charge < -0.3 is 25.0 Å². The Morgan fingerprint density at radius 1 is 1.14 bits per heavy atom. The molecule has 0 radical (unpaired) electrons. The summed E-state index contributed by atoms with van der Waals surface area (Å²) in [5, 5.41) is 24.0. The third-order valence-electron chi connectivity index (χ3n) is 2.75. The first-order chi connectivity index (χ1) is 10.6. The standard InChI is InChI=1S/C13H13NO2.C3H8O3/c1-10-13(12(15)7-8-14-10)16-9-11-5-3-2-4-6-11;4-1-3(6)2-5/h2-8H,9H2,1H3,(H,14,15);3-6H,1-2H2. The third kappa shape index (κ3) is 6.09. The predicted molar refractivity (Wildman–Crippen MR) is 82.8 cm³/mol. The summed E-state index contributed by atoms with van der Waals surface area (Å²) in [6.07, 6.45) is 0.664. The van der Waals surface area contributed by atoms with Crippen LogP contribution < -0.4 is 10.2 Å². The number of aryl methyl sites for hydroxylation is 1. The molecule has 2 rings (SSSR count). The lowest BCUT2D eigenvalue weighted by Crippen LogP contribution is -2.15. The molecule has 2 aromatic rings. The van der Waals surface area contributed by atoms with E-state index in [2.05, 4.69) is 4.98 Å². The van der Waals surface area contributed by atoms with Crippen LogP contribution in [-0.2, 0) is 6.61 Å². The number of aromatic amines is 1. The molecule has 22 heavy (non-hydrogen) atoms. The van der Waals surface area contributed by atoms with Crippen molar-refractivity contribution >= 4 is 0 Å². The summed E-state index contributed by atoms with van der Waals surface area (Å²) >= 11 is 0. The largest absolute Gasteiger partial charge is 0.483 e. The summed E-state index contributed by atoms with van der Waals surface area (Å²) in [6.45, 7) is 1.50. The van der Waals surface area contributed by atoms with Gasteiger partial charge in [0.25, 0.3) is 0 Å². The van der Waals surface area contributed by atoms with E-state index >= 15 is 0 Å². The Balaban J connectivity index is 0.000000346. The minimum absolute atomic E-state index is 0.0906. The second-order valence-corrected chi connectivity index (χ2v) is 4.59. The van der Waals surface area contributed by atoms with Crippen LogP contribution in [0.25, 0.3) is 0 Å². The van der Waals surface area contributed by atoms with E-state index in [1.54, 1.807) is 6.20 Å². The minimum atomic E-state index is -0.954. The fourth-order valence-corrected chi connectivity index (χ4v) is 1.54. The summed E-state index contributed by atoms with van der Waals surface area (Å²) in [7, 11) is 0. The summed E-state index contributed by atoms with van der Waals surface area (Å²) in [5.74, 6) is 0.395. The molecular weight excluding hydrogens is 286 g/mol. The molecule has 0 amide bonds. The summed E-state index contributed by atoms with van der Waals surface area (Å²) in [4.78, 5) is 14.5. The van der Waals surface area contributed by atoms with Crippen molar-refractivity contribution in [2.24, 2.45) is 0 Å². The van der Waals surface area contributed by atoms with Crippen LogP contribution in [0, 0.1) is 6.92 Å². The van der Waals surface area contributed by atoms with Gasteiger partial charge in [-0.2, -0.15) is 0 Å². The summed E-state index contributed by atoms with van der Waals surface area (Å²) in [5.41, 5.74) is 1.71. The highest BCUT2D eigenvalue weighted by Gasteiger charge is 2.04. The number of hydrogen-bond donors (Lipinski definition) is 4. The zero-order chi connectivity index (χ0) is 16.4. The third-order valence-corrected chi connectivity index (χ3v) is 2.75. The van der Waals surface area contributed by atoms with E-state index in [-0.39, 0.29) is 18.6 Å². The predicted octanol–water partition coefficient (Wildman–Crippen LogP) is 0.594. The molecular formula is C16H21NO5. The second-order valence-electron chi connectivity index (χ2n) is 4.59. The fourth-order valence-electron chi connectivity index (χ4n) is 1.54. The Hall–Kier alpha value is -2.15. The molecule has 0 aliphatic heterocycles. The number of ether oxygens (including phenoxy) is 1. The number of aliphatic hydroxyl groups is 3. The Kier molecular flexibility index (Phi) is 7.91. The fraction of sp³-hybridized carbons (Fsp3) is 0.312. The number of nitrogens with one attached hydrogen (secondary N) is 1. The van der Waals surface area contributed by atoms with Gasteiger partial charge in [-0.05, 0) is 12.5 Å². The maximum absolute atomic E-state index is 11.5. The van der Waals surface area contributed by atoms with Gasteiger partial charge in [-0.25, -0.2) is 0 Å². The Labute approximate surface area is 128 Å². The van der Waals surface area contributed by atoms with Gasteiger partial charge in [0.15, 0.2) is 5.75 Å². The first-order valence-electron chi connectivity index (χ1n) is 6.83. The normalized spacial score (nSPS) is 10.0. The Morgan fingerprint density at radius 3 is 2.27 bits per heavy atom. The quantitative estimate of drug-likeness (QED) is 0.647. The van der Waals surface area contributed by atoms with Crippen molar-refractivity contribution in [3.63, 3.8) is 0 Å². The molecule has 0 bridgehead atoms. The van der Waals surface area contributed by atoms with Crippen molar-refractivity contribution in [1.82, 2.24) is 4.98 Å². The average molecular weight is 307 g/mol. The van der Waals surface area contributed by atoms with Crippen molar-refractivity contribution in [3.05, 3.63) is 64.1 Å². The van der Waals surface area contributed by atoms with E-state index in [0.717, 1.165) is 11.3 Å². The number of hydrogen-bond acceptors (Lipinski definition) is 5. The van der Waals surface area contributed by atoms with Crippen LogP contribution in [0.5, 0.6) is 5.75 Å². The van der Waals surface area contributed by atoms with Gasteiger partial charge in [-0.1, -0.05) is 30.3 Å². The van der Waals surface area contributed by atoms with E-state index in [0.29, 0.717) is 12.4 Å². The number of pyridine rings is 1. The molecule has 120 valence electrons. The van der Waals surface area contributed by atoms with Crippen LogP contribution in [0.1, 0.15) is 11.3 Å². The maximum atomic E-state index is 11.5. The number of aromatic nitrogens is 1. The zero-order valence-corrected chi connectivity index (χ0v) is 12.4. The topological polar surface area (TPSA) is 103 Å². The molecule has 0 unspecified atom stereocenters. The number of aliphatic hydroxyl groups excluding tert-OH is 3. The van der Waals surface area contributed by atoms with Crippen molar-refractivity contribution < 1.29 is 20.1 Å². The summed E-state index contributed by atoms with van der Waals surface area (Å²) in [6, 6.07) is 11.2. The molecule has 0 aliphatic rings. The van der Waals surface area contributed by atoms with Gasteiger partial charge in [-0.15, -0.1) is 0 Å². The first kappa shape index (κ1) is 17.9. The van der Waals surface area contributed by atoms with Crippen molar-refractivity contribution in [3.8, 4) is 5.75 Å². The van der Waals surface area contributed by atoms with Crippen LogP contribution in [0.2, 0.25) is 0 Å². The van der Waals surface area contributed by atoms with Gasteiger partial charge in [0.1, 0.15) is 12.7 Å². The lowest BCUT2D eigenvalue weighted by molar-refractivity contribution is 0.0450. The van der Waals surface area contributed by atoms with Gasteiger partial charge in [0.2, 0.25) is 5.43 Å². The molecule has 0 spiro atoms. The van der Waals surface area contributed by atoms with E-state index in [1.807, 2.05) is 37.3 Å². The van der Waals surface area contributed by atoms with Gasteiger partial charge >= 0.3 is 0 Å². The van der Waals surface area contributed by atoms with Crippen molar-refractivity contribution in [2.75, 3.05) is 13.2 Å². The van der Waals surface area contributed by atoms with E-state index in [1.165, 1.54) is 6.07 Å². The van der Waals surface area contributed by atoms with Gasteiger partial charge in [0.05, 0.1) is 18.9 Å². The number of H-pyrrole nitrogens is 1. The van der Waals surface area contributed by atoms with Gasteiger partial charge in [-0.3, -0.25) is 4.79 Å². The maximum Gasteiger partial charge on any atom is 0.223 e. The molecule has 6 heteroatoms. The lowest BCUT2D eigenvalue weighted by Gasteiger charge is -2.07. The average Bonchev–Trinajstić information content (AvgIpc) is 2.55. The highest BCUT2D eigenvalue weighted by molar-refractivity contribution is 5.26. The van der Waals surface area contributed by atoms with Crippen LogP contribution in [0.15, 0.2) is 47.4 Å². The minimum Gasteiger partial charge on any atom is -0.483 e. The zero-order valence-electron chi connectivity index (χ0n) is 12.4. The lowest BCUT2D eigenvalue weighted by atomic mass is 10.2. The molecule has 0 saturated heterocycles. The van der Waals surface area contributed by atoms with Crippen LogP contribution in [-0.4, -0.2) is 39.6 Å². The SMILES string of the molecule is Cc1[nH]ccc(=O)c1OCc1ccccc1.OCC(O)CO. The van der Waals surface area contributed by atoms with E-state index in [9.17, 15) is 4.79 Å². The summed E-state index contributed by atoms with van der Waals surface area (Å²) < 4.78 is 5.51. The van der Waals surface area contributed by atoms with Crippen molar-refractivity contribution in [2.45, 2.75) is 19.6 Å².